The summed E-state index contributed by atoms with van der Waals surface area (Å²) >= 11 is 3.13. The second kappa shape index (κ2) is 9.71. The number of esters is 1. The van der Waals surface area contributed by atoms with Gasteiger partial charge in [0.1, 0.15) is 0 Å². The maximum atomic E-state index is 12.5. The lowest BCUT2D eigenvalue weighted by Gasteiger charge is -2.11. The number of carbonyl (C=O) groups is 2. The van der Waals surface area contributed by atoms with Gasteiger partial charge in [0.05, 0.1) is 16.3 Å². The molecular formula is C22H22N2O3S2. The second-order valence-electron chi connectivity index (χ2n) is 6.59. The first kappa shape index (κ1) is 21.1. The number of nitrogens with one attached hydrogen (secondary N) is 1. The lowest BCUT2D eigenvalue weighted by atomic mass is 10.1. The van der Waals surface area contributed by atoms with E-state index in [0.29, 0.717) is 17.0 Å². The normalized spacial score (nSPS) is 10.6. The number of aromatic nitrogens is 1. The van der Waals surface area contributed by atoms with Gasteiger partial charge in [-0.2, -0.15) is 0 Å². The van der Waals surface area contributed by atoms with Crippen LogP contribution in [0, 0.1) is 20.8 Å². The number of thiazole rings is 1. The zero-order chi connectivity index (χ0) is 20.8. The molecule has 0 aliphatic rings. The van der Waals surface area contributed by atoms with Gasteiger partial charge in [-0.25, -0.2) is 9.78 Å². The first-order chi connectivity index (χ1) is 13.9. The van der Waals surface area contributed by atoms with Gasteiger partial charge in [0.25, 0.3) is 5.91 Å². The van der Waals surface area contributed by atoms with E-state index in [-0.39, 0.29) is 12.5 Å². The molecule has 29 heavy (non-hydrogen) atoms. The van der Waals surface area contributed by atoms with E-state index in [1.165, 1.54) is 11.8 Å². The van der Waals surface area contributed by atoms with Crippen LogP contribution in [0.3, 0.4) is 0 Å². The Balaban J connectivity index is 1.58. The first-order valence-corrected chi connectivity index (χ1v) is 11.0. The molecule has 150 valence electrons. The Morgan fingerprint density at radius 1 is 1.14 bits per heavy atom. The molecule has 0 atom stereocenters. The Morgan fingerprint density at radius 2 is 1.93 bits per heavy atom. The van der Waals surface area contributed by atoms with Gasteiger partial charge in [-0.15, -0.1) is 23.1 Å². The number of rotatable bonds is 7. The number of hydrogen-bond acceptors (Lipinski definition) is 6. The average Bonchev–Trinajstić information content (AvgIpc) is 3.12. The molecule has 0 unspecified atom stereocenters. The summed E-state index contributed by atoms with van der Waals surface area (Å²) < 4.78 is 5.24. The van der Waals surface area contributed by atoms with E-state index in [4.69, 9.17) is 4.74 Å². The standard InChI is InChI=1S/C22H22N2O3S2/c1-14-8-9-19(15(2)10-14)24-21(25)11-27-22(26)18-6-4-5-7-20(18)29-13-17-12-28-16(3)23-17/h4-10,12H,11,13H2,1-3H3,(H,24,25). The molecule has 1 amide bonds. The van der Waals surface area contributed by atoms with Gasteiger partial charge < -0.3 is 10.1 Å². The molecule has 0 radical (unpaired) electrons. The zero-order valence-electron chi connectivity index (χ0n) is 16.5. The molecule has 0 aliphatic carbocycles. The van der Waals surface area contributed by atoms with E-state index < -0.39 is 5.97 Å². The van der Waals surface area contributed by atoms with Crippen molar-refractivity contribution in [3.05, 3.63) is 75.2 Å². The Kier molecular flexibility index (Phi) is 7.06. The fraction of sp³-hybridized carbons (Fsp3) is 0.227. The van der Waals surface area contributed by atoms with Crippen LogP contribution in [-0.4, -0.2) is 23.5 Å². The minimum absolute atomic E-state index is 0.337. The largest absolute Gasteiger partial charge is 0.452 e. The number of anilines is 1. The van der Waals surface area contributed by atoms with Gasteiger partial charge in [0, 0.05) is 21.7 Å². The maximum Gasteiger partial charge on any atom is 0.339 e. The highest BCUT2D eigenvalue weighted by Gasteiger charge is 2.15. The fourth-order valence-electron chi connectivity index (χ4n) is 2.74. The summed E-state index contributed by atoms with van der Waals surface area (Å²) in [6, 6.07) is 13.0. The van der Waals surface area contributed by atoms with Crippen LogP contribution in [0.2, 0.25) is 0 Å². The molecular weight excluding hydrogens is 404 g/mol. The molecule has 1 heterocycles. The van der Waals surface area contributed by atoms with Crippen LogP contribution in [-0.2, 0) is 15.3 Å². The number of hydrogen-bond donors (Lipinski definition) is 1. The summed E-state index contributed by atoms with van der Waals surface area (Å²) in [6.07, 6.45) is 0. The quantitative estimate of drug-likeness (QED) is 0.418. The summed E-state index contributed by atoms with van der Waals surface area (Å²) in [7, 11) is 0. The minimum Gasteiger partial charge on any atom is -0.452 e. The smallest absolute Gasteiger partial charge is 0.339 e. The van der Waals surface area contributed by atoms with Crippen LogP contribution in [0.4, 0.5) is 5.69 Å². The highest BCUT2D eigenvalue weighted by Crippen LogP contribution is 2.27. The maximum absolute atomic E-state index is 12.5. The van der Waals surface area contributed by atoms with Crippen molar-refractivity contribution < 1.29 is 14.3 Å². The summed E-state index contributed by atoms with van der Waals surface area (Å²) in [5, 5.41) is 5.81. The number of nitrogens with zero attached hydrogens (tertiary/aromatic N) is 1. The van der Waals surface area contributed by atoms with Gasteiger partial charge >= 0.3 is 5.97 Å². The minimum atomic E-state index is -0.515. The highest BCUT2D eigenvalue weighted by atomic mass is 32.2. The Bertz CT molecular complexity index is 1030. The van der Waals surface area contributed by atoms with E-state index in [0.717, 1.165) is 26.7 Å². The van der Waals surface area contributed by atoms with Crippen LogP contribution < -0.4 is 5.32 Å². The van der Waals surface area contributed by atoms with Crippen molar-refractivity contribution in [3.63, 3.8) is 0 Å². The van der Waals surface area contributed by atoms with E-state index >= 15 is 0 Å². The Hall–Kier alpha value is -2.64. The number of thioether (sulfide) groups is 1. The van der Waals surface area contributed by atoms with Crippen molar-refractivity contribution in [3.8, 4) is 0 Å². The summed E-state index contributed by atoms with van der Waals surface area (Å²) in [5.41, 5.74) is 4.22. The third-order valence-corrected chi connectivity index (χ3v) is 6.07. The molecule has 0 bridgehead atoms. The molecule has 7 heteroatoms. The summed E-state index contributed by atoms with van der Waals surface area (Å²) in [6.45, 7) is 5.54. The topological polar surface area (TPSA) is 68.3 Å². The SMILES string of the molecule is Cc1ccc(NC(=O)COC(=O)c2ccccc2SCc2csc(C)n2)c(C)c1. The molecule has 1 N–H and O–H groups in total. The van der Waals surface area contributed by atoms with Crippen molar-refractivity contribution in [1.29, 1.82) is 0 Å². The molecule has 3 aromatic rings. The lowest BCUT2D eigenvalue weighted by molar-refractivity contribution is -0.119. The summed E-state index contributed by atoms with van der Waals surface area (Å²) in [5.74, 6) is -0.214. The van der Waals surface area contributed by atoms with Gasteiger partial charge in [-0.1, -0.05) is 29.8 Å². The Morgan fingerprint density at radius 3 is 2.66 bits per heavy atom. The number of amides is 1. The molecule has 0 fully saturated rings. The molecule has 0 spiro atoms. The molecule has 0 aliphatic heterocycles. The molecule has 1 aromatic heterocycles. The van der Waals surface area contributed by atoms with Gasteiger partial charge in [0.15, 0.2) is 6.61 Å². The van der Waals surface area contributed by atoms with Crippen molar-refractivity contribution >= 4 is 40.7 Å². The van der Waals surface area contributed by atoms with Crippen molar-refractivity contribution in [2.75, 3.05) is 11.9 Å². The van der Waals surface area contributed by atoms with E-state index in [1.54, 1.807) is 23.5 Å². The third-order valence-electron chi connectivity index (χ3n) is 4.14. The van der Waals surface area contributed by atoms with Crippen molar-refractivity contribution in [1.82, 2.24) is 4.98 Å². The number of ether oxygens (including phenoxy) is 1. The highest BCUT2D eigenvalue weighted by molar-refractivity contribution is 7.98. The van der Waals surface area contributed by atoms with Crippen LogP contribution in [0.15, 0.2) is 52.7 Å². The van der Waals surface area contributed by atoms with Crippen LogP contribution >= 0.6 is 23.1 Å². The second-order valence-corrected chi connectivity index (χ2v) is 8.66. The fourth-order valence-corrected chi connectivity index (χ4v) is 4.39. The van der Waals surface area contributed by atoms with E-state index in [1.807, 2.05) is 56.5 Å². The molecule has 0 saturated heterocycles. The van der Waals surface area contributed by atoms with Gasteiger partial charge in [0.2, 0.25) is 0 Å². The third kappa shape index (κ3) is 5.92. The van der Waals surface area contributed by atoms with Gasteiger partial charge in [-0.05, 0) is 44.5 Å². The molecule has 2 aromatic carbocycles. The number of benzene rings is 2. The zero-order valence-corrected chi connectivity index (χ0v) is 18.2. The van der Waals surface area contributed by atoms with Gasteiger partial charge in [-0.3, -0.25) is 4.79 Å². The molecule has 0 saturated carbocycles. The first-order valence-electron chi connectivity index (χ1n) is 9.09. The monoisotopic (exact) mass is 426 g/mol. The summed E-state index contributed by atoms with van der Waals surface area (Å²) in [4.78, 5) is 29.9. The lowest BCUT2D eigenvalue weighted by Crippen LogP contribution is -2.21. The van der Waals surface area contributed by atoms with E-state index in [9.17, 15) is 9.59 Å². The van der Waals surface area contributed by atoms with Crippen molar-refractivity contribution in [2.24, 2.45) is 0 Å². The van der Waals surface area contributed by atoms with Crippen LogP contribution in [0.1, 0.15) is 32.2 Å². The molecule has 5 nitrogen and oxygen atoms in total. The average molecular weight is 427 g/mol. The predicted octanol–water partition coefficient (Wildman–Crippen LogP) is 5.16. The predicted molar refractivity (Wildman–Crippen MR) is 118 cm³/mol. The van der Waals surface area contributed by atoms with E-state index in [2.05, 4.69) is 10.3 Å². The van der Waals surface area contributed by atoms with Crippen LogP contribution in [0.5, 0.6) is 0 Å². The molecule has 3 rings (SSSR count). The Labute approximate surface area is 178 Å². The number of carbonyl (C=O) groups excluding carboxylic acids is 2. The van der Waals surface area contributed by atoms with Crippen LogP contribution in [0.25, 0.3) is 0 Å². The van der Waals surface area contributed by atoms with Crippen molar-refractivity contribution in [2.45, 2.75) is 31.4 Å². The number of aryl methyl sites for hydroxylation is 3.